The van der Waals surface area contributed by atoms with E-state index in [1.165, 1.54) is 6.08 Å². The van der Waals surface area contributed by atoms with Crippen molar-refractivity contribution >= 4 is 23.9 Å². The zero-order chi connectivity index (χ0) is 20.5. The summed E-state index contributed by atoms with van der Waals surface area (Å²) in [6.07, 6.45) is 3.70. The first-order valence-corrected chi connectivity index (χ1v) is 9.47. The van der Waals surface area contributed by atoms with Gasteiger partial charge in [-0.15, -0.1) is 0 Å². The molecule has 1 aliphatic carbocycles. The molecule has 1 aromatic rings. The van der Waals surface area contributed by atoms with Crippen LogP contribution >= 0.6 is 0 Å². The molecular formula is C20H28N4O4. The van der Waals surface area contributed by atoms with Gasteiger partial charge in [0.2, 0.25) is 5.91 Å². The molecule has 1 aliphatic heterocycles. The largest absolute Gasteiger partial charge is 0.444 e. The van der Waals surface area contributed by atoms with Crippen LogP contribution in [0.4, 0.5) is 10.6 Å². The SMILES string of the molecule is CC(C)(C)OC(=O)N1C[C@@H]2C(C(O)CNC(=O)/C=C/c3ccc(N)nc3)[C@@H]2C1. The maximum absolute atomic E-state index is 12.1. The molecule has 1 aromatic heterocycles. The van der Waals surface area contributed by atoms with Gasteiger partial charge in [0.05, 0.1) is 6.10 Å². The highest BCUT2D eigenvalue weighted by atomic mass is 16.6. The summed E-state index contributed by atoms with van der Waals surface area (Å²) in [5.41, 5.74) is 5.77. The van der Waals surface area contributed by atoms with E-state index in [4.69, 9.17) is 10.5 Å². The van der Waals surface area contributed by atoms with Crippen LogP contribution in [0.1, 0.15) is 26.3 Å². The topological polar surface area (TPSA) is 118 Å². The Kier molecular flexibility index (Phi) is 5.60. The number of ether oxygens (including phenoxy) is 1. The lowest BCUT2D eigenvalue weighted by Crippen LogP contribution is -2.39. The fourth-order valence-corrected chi connectivity index (χ4v) is 3.71. The van der Waals surface area contributed by atoms with Gasteiger partial charge in [0.25, 0.3) is 0 Å². The number of aromatic nitrogens is 1. The summed E-state index contributed by atoms with van der Waals surface area (Å²) in [6.45, 7) is 6.91. The van der Waals surface area contributed by atoms with Gasteiger partial charge in [0, 0.05) is 31.9 Å². The molecule has 2 unspecified atom stereocenters. The number of nitrogens with zero attached hydrogens (tertiary/aromatic N) is 2. The maximum atomic E-state index is 12.1. The quantitative estimate of drug-likeness (QED) is 0.654. The van der Waals surface area contributed by atoms with Crippen molar-refractivity contribution in [2.24, 2.45) is 17.8 Å². The van der Waals surface area contributed by atoms with Crippen LogP contribution in [0.15, 0.2) is 24.4 Å². The molecule has 8 nitrogen and oxygen atoms in total. The Hall–Kier alpha value is -2.61. The zero-order valence-electron chi connectivity index (χ0n) is 16.5. The summed E-state index contributed by atoms with van der Waals surface area (Å²) in [4.78, 5) is 29.7. The Labute approximate surface area is 164 Å². The van der Waals surface area contributed by atoms with Gasteiger partial charge in [-0.3, -0.25) is 4.79 Å². The van der Waals surface area contributed by atoms with Crippen LogP contribution in [-0.2, 0) is 9.53 Å². The van der Waals surface area contributed by atoms with Gasteiger partial charge in [-0.1, -0.05) is 0 Å². The molecule has 0 radical (unpaired) electrons. The Morgan fingerprint density at radius 1 is 1.39 bits per heavy atom. The second-order valence-electron chi connectivity index (χ2n) is 8.45. The van der Waals surface area contributed by atoms with E-state index in [2.05, 4.69) is 10.3 Å². The number of fused-ring (bicyclic) bond motifs is 1. The van der Waals surface area contributed by atoms with Crippen molar-refractivity contribution in [1.82, 2.24) is 15.2 Å². The van der Waals surface area contributed by atoms with E-state index in [9.17, 15) is 14.7 Å². The number of nitrogens with two attached hydrogens (primary N) is 1. The van der Waals surface area contributed by atoms with Crippen molar-refractivity contribution in [2.45, 2.75) is 32.5 Å². The first-order chi connectivity index (χ1) is 13.1. The third-order valence-electron chi connectivity index (χ3n) is 5.08. The van der Waals surface area contributed by atoms with Gasteiger partial charge in [0.1, 0.15) is 11.4 Å². The van der Waals surface area contributed by atoms with Gasteiger partial charge >= 0.3 is 6.09 Å². The number of rotatable bonds is 5. The molecule has 4 atom stereocenters. The number of likely N-dealkylation sites (tertiary alicyclic amines) is 1. The Morgan fingerprint density at radius 2 is 2.07 bits per heavy atom. The molecule has 2 heterocycles. The van der Waals surface area contributed by atoms with Crippen molar-refractivity contribution in [3.8, 4) is 0 Å². The van der Waals surface area contributed by atoms with Crippen molar-refractivity contribution in [1.29, 1.82) is 0 Å². The predicted octanol–water partition coefficient (Wildman–Crippen LogP) is 1.27. The smallest absolute Gasteiger partial charge is 0.410 e. The Morgan fingerprint density at radius 3 is 2.64 bits per heavy atom. The maximum Gasteiger partial charge on any atom is 0.410 e. The van der Waals surface area contributed by atoms with Crippen LogP contribution in [0.2, 0.25) is 0 Å². The first kappa shape index (κ1) is 20.1. The van der Waals surface area contributed by atoms with E-state index >= 15 is 0 Å². The lowest BCUT2D eigenvalue weighted by atomic mass is 10.1. The number of carbonyl (C=O) groups is 2. The van der Waals surface area contributed by atoms with E-state index in [0.29, 0.717) is 18.9 Å². The summed E-state index contributed by atoms with van der Waals surface area (Å²) in [5.74, 6) is 0.804. The molecule has 8 heteroatoms. The predicted molar refractivity (Wildman–Crippen MR) is 105 cm³/mol. The minimum atomic E-state index is -0.619. The third-order valence-corrected chi connectivity index (χ3v) is 5.08. The number of hydrogen-bond donors (Lipinski definition) is 3. The second kappa shape index (κ2) is 7.79. The van der Waals surface area contributed by atoms with E-state index in [-0.39, 0.29) is 36.3 Å². The van der Waals surface area contributed by atoms with Gasteiger partial charge in [-0.05, 0) is 62.3 Å². The molecule has 0 aromatic carbocycles. The summed E-state index contributed by atoms with van der Waals surface area (Å²) in [5, 5.41) is 13.1. The number of pyridine rings is 1. The van der Waals surface area contributed by atoms with Crippen molar-refractivity contribution in [3.05, 3.63) is 30.0 Å². The molecule has 3 rings (SSSR count). The van der Waals surface area contributed by atoms with Crippen LogP contribution in [0, 0.1) is 17.8 Å². The Balaban J connectivity index is 1.39. The number of aliphatic hydroxyl groups is 1. The highest BCUT2D eigenvalue weighted by Gasteiger charge is 2.59. The minimum Gasteiger partial charge on any atom is -0.444 e. The summed E-state index contributed by atoms with van der Waals surface area (Å²) in [6, 6.07) is 3.43. The molecule has 2 aliphatic rings. The fraction of sp³-hybridized carbons (Fsp3) is 0.550. The van der Waals surface area contributed by atoms with Crippen LogP contribution in [-0.4, -0.2) is 58.3 Å². The van der Waals surface area contributed by atoms with E-state index in [1.807, 2.05) is 20.8 Å². The lowest BCUT2D eigenvalue weighted by molar-refractivity contribution is -0.117. The second-order valence-corrected chi connectivity index (χ2v) is 8.45. The normalized spacial score (nSPS) is 24.7. The van der Waals surface area contributed by atoms with Gasteiger partial charge < -0.3 is 25.8 Å². The van der Waals surface area contributed by atoms with E-state index < -0.39 is 11.7 Å². The number of amides is 2. The zero-order valence-corrected chi connectivity index (χ0v) is 16.5. The summed E-state index contributed by atoms with van der Waals surface area (Å²) >= 11 is 0. The van der Waals surface area contributed by atoms with E-state index in [1.54, 1.807) is 29.3 Å². The highest BCUT2D eigenvalue weighted by molar-refractivity contribution is 5.91. The molecule has 2 fully saturated rings. The number of carbonyl (C=O) groups excluding carboxylic acids is 2. The molecule has 4 N–H and O–H groups in total. The lowest BCUT2D eigenvalue weighted by Gasteiger charge is -2.26. The van der Waals surface area contributed by atoms with Crippen LogP contribution in [0.3, 0.4) is 0 Å². The summed E-state index contributed by atoms with van der Waals surface area (Å²) < 4.78 is 5.38. The molecule has 0 bridgehead atoms. The average molecular weight is 388 g/mol. The van der Waals surface area contributed by atoms with Crippen LogP contribution in [0.5, 0.6) is 0 Å². The highest BCUT2D eigenvalue weighted by Crippen LogP contribution is 2.53. The number of hydrogen-bond acceptors (Lipinski definition) is 6. The third kappa shape index (κ3) is 5.01. The molecule has 28 heavy (non-hydrogen) atoms. The van der Waals surface area contributed by atoms with Crippen molar-refractivity contribution in [3.63, 3.8) is 0 Å². The monoisotopic (exact) mass is 388 g/mol. The molecule has 152 valence electrons. The standard InChI is InChI=1S/C20H28N4O4/c1-20(2,3)28-19(27)24-10-13-14(11-24)18(13)15(25)9-23-17(26)7-5-12-4-6-16(21)22-8-12/h4-8,13-15,18,25H,9-11H2,1-3H3,(H2,21,22)(H,23,26)/b7-5+/t13-,14+,15?,18?. The number of anilines is 1. The van der Waals surface area contributed by atoms with Crippen molar-refractivity contribution < 1.29 is 19.4 Å². The molecule has 2 amide bonds. The van der Waals surface area contributed by atoms with Crippen LogP contribution in [0.25, 0.3) is 6.08 Å². The van der Waals surface area contributed by atoms with E-state index in [0.717, 1.165) is 5.56 Å². The van der Waals surface area contributed by atoms with Gasteiger partial charge in [0.15, 0.2) is 0 Å². The molecule has 1 saturated carbocycles. The number of nitrogens with one attached hydrogen (secondary N) is 1. The molecular weight excluding hydrogens is 360 g/mol. The Bertz CT molecular complexity index is 744. The fourth-order valence-electron chi connectivity index (χ4n) is 3.71. The number of piperidine rings is 1. The minimum absolute atomic E-state index is 0.115. The first-order valence-electron chi connectivity index (χ1n) is 9.47. The number of nitrogen functional groups attached to an aromatic ring is 1. The number of aliphatic hydroxyl groups excluding tert-OH is 1. The average Bonchev–Trinajstić information content (AvgIpc) is 3.11. The van der Waals surface area contributed by atoms with Gasteiger partial charge in [-0.25, -0.2) is 9.78 Å². The van der Waals surface area contributed by atoms with Crippen LogP contribution < -0.4 is 11.1 Å². The summed E-state index contributed by atoms with van der Waals surface area (Å²) in [7, 11) is 0. The van der Waals surface area contributed by atoms with Gasteiger partial charge in [-0.2, -0.15) is 0 Å². The molecule has 1 saturated heterocycles. The molecule has 0 spiro atoms. The van der Waals surface area contributed by atoms with Crippen molar-refractivity contribution in [2.75, 3.05) is 25.4 Å².